The van der Waals surface area contributed by atoms with Crippen LogP contribution in [-0.4, -0.2) is 23.3 Å². The maximum Gasteiger partial charge on any atom is 0.310 e. The van der Waals surface area contributed by atoms with E-state index < -0.39 is 11.9 Å². The summed E-state index contributed by atoms with van der Waals surface area (Å²) in [4.78, 5) is 10.7. The number of ether oxygens (including phenoxy) is 1. The van der Waals surface area contributed by atoms with Crippen LogP contribution in [0.15, 0.2) is 12.1 Å². The largest absolute Gasteiger partial charge is 0.508 e. The predicted octanol–water partition coefficient (Wildman–Crippen LogP) is 2.24. The summed E-state index contributed by atoms with van der Waals surface area (Å²) < 4.78 is 4.88. The van der Waals surface area contributed by atoms with Crippen molar-refractivity contribution in [3.05, 3.63) is 22.7 Å². The van der Waals surface area contributed by atoms with Crippen LogP contribution in [0, 0.1) is 0 Å². The first-order valence-corrected chi connectivity index (χ1v) is 4.64. The number of hydrogen-bond donors (Lipinski definition) is 2. The first-order chi connectivity index (χ1) is 6.97. The molecule has 4 nitrogen and oxygen atoms in total. The van der Waals surface area contributed by atoms with E-state index in [0.717, 1.165) is 0 Å². The fraction of sp³-hybridized carbons (Fsp3) is 0.300. The number of methoxy groups -OCH3 is 1. The van der Waals surface area contributed by atoms with E-state index >= 15 is 0 Å². The summed E-state index contributed by atoms with van der Waals surface area (Å²) in [6.45, 7) is 1.47. The second-order valence-electron chi connectivity index (χ2n) is 3.11. The van der Waals surface area contributed by atoms with Crippen molar-refractivity contribution in [2.75, 3.05) is 7.11 Å². The van der Waals surface area contributed by atoms with Gasteiger partial charge < -0.3 is 14.9 Å². The first kappa shape index (κ1) is 11.7. The fourth-order valence-electron chi connectivity index (χ4n) is 1.19. The Bertz CT molecular complexity index is 389. The molecule has 1 rings (SSSR count). The highest BCUT2D eigenvalue weighted by atomic mass is 35.5. The van der Waals surface area contributed by atoms with Gasteiger partial charge in [-0.05, 0) is 13.0 Å². The van der Waals surface area contributed by atoms with Crippen LogP contribution in [0.1, 0.15) is 18.4 Å². The molecule has 0 amide bonds. The molecule has 1 aromatic rings. The highest BCUT2D eigenvalue weighted by molar-refractivity contribution is 6.32. The van der Waals surface area contributed by atoms with Crippen LogP contribution in [0.25, 0.3) is 0 Å². The summed E-state index contributed by atoms with van der Waals surface area (Å²) in [6.07, 6.45) is 0. The summed E-state index contributed by atoms with van der Waals surface area (Å²) >= 11 is 5.82. The summed E-state index contributed by atoms with van der Waals surface area (Å²) in [7, 11) is 1.42. The number of hydrogen-bond acceptors (Lipinski definition) is 3. The van der Waals surface area contributed by atoms with Gasteiger partial charge in [0.25, 0.3) is 0 Å². The number of carbonyl (C=O) groups is 1. The molecule has 0 radical (unpaired) electrons. The van der Waals surface area contributed by atoms with E-state index in [4.69, 9.17) is 21.4 Å². The van der Waals surface area contributed by atoms with Crippen LogP contribution in [0.3, 0.4) is 0 Å². The highest BCUT2D eigenvalue weighted by Crippen LogP contribution is 2.35. The van der Waals surface area contributed by atoms with Crippen LogP contribution in [0.5, 0.6) is 11.5 Å². The van der Waals surface area contributed by atoms with Crippen molar-refractivity contribution in [1.82, 2.24) is 0 Å². The van der Waals surface area contributed by atoms with Crippen molar-refractivity contribution in [2.24, 2.45) is 0 Å². The predicted molar refractivity (Wildman–Crippen MR) is 55.7 cm³/mol. The van der Waals surface area contributed by atoms with Crippen LogP contribution in [0.4, 0.5) is 0 Å². The monoisotopic (exact) mass is 230 g/mol. The lowest BCUT2D eigenvalue weighted by molar-refractivity contribution is -0.138. The molecule has 0 fully saturated rings. The minimum absolute atomic E-state index is 0.133. The number of carboxylic acids is 1. The third-order valence-corrected chi connectivity index (χ3v) is 2.43. The van der Waals surface area contributed by atoms with Crippen LogP contribution < -0.4 is 4.74 Å². The molecule has 5 heteroatoms. The SMILES string of the molecule is COc1cc(O)c(C(C)C(=O)O)cc1Cl. The van der Waals surface area contributed by atoms with Crippen molar-refractivity contribution in [1.29, 1.82) is 0 Å². The molecule has 82 valence electrons. The molecule has 1 unspecified atom stereocenters. The number of phenols is 1. The number of phenolic OH excluding ortho intramolecular Hbond substituents is 1. The molecule has 0 saturated heterocycles. The molecule has 0 heterocycles. The number of aliphatic carboxylic acids is 1. The maximum absolute atomic E-state index is 10.7. The van der Waals surface area contributed by atoms with Crippen molar-refractivity contribution < 1.29 is 19.7 Å². The lowest BCUT2D eigenvalue weighted by atomic mass is 10.0. The van der Waals surface area contributed by atoms with E-state index in [0.29, 0.717) is 5.75 Å². The zero-order chi connectivity index (χ0) is 11.6. The molecule has 0 bridgehead atoms. The van der Waals surface area contributed by atoms with E-state index in [1.54, 1.807) is 0 Å². The number of rotatable bonds is 3. The van der Waals surface area contributed by atoms with Gasteiger partial charge in [0, 0.05) is 11.6 Å². The van der Waals surface area contributed by atoms with Gasteiger partial charge in [-0.15, -0.1) is 0 Å². The summed E-state index contributed by atoms with van der Waals surface area (Å²) in [5.74, 6) is -1.65. The minimum Gasteiger partial charge on any atom is -0.508 e. The van der Waals surface area contributed by atoms with Gasteiger partial charge in [0.2, 0.25) is 0 Å². The van der Waals surface area contributed by atoms with Gasteiger partial charge in [-0.1, -0.05) is 11.6 Å². The molecule has 1 atom stereocenters. The summed E-state index contributed by atoms with van der Waals surface area (Å²) in [5, 5.41) is 18.6. The second-order valence-corrected chi connectivity index (χ2v) is 3.51. The smallest absolute Gasteiger partial charge is 0.310 e. The Hall–Kier alpha value is -1.42. The molecular weight excluding hydrogens is 220 g/mol. The topological polar surface area (TPSA) is 66.8 Å². The van der Waals surface area contributed by atoms with E-state index in [9.17, 15) is 9.90 Å². The lowest BCUT2D eigenvalue weighted by Crippen LogP contribution is -2.07. The van der Waals surface area contributed by atoms with E-state index in [1.165, 1.54) is 26.2 Å². The lowest BCUT2D eigenvalue weighted by Gasteiger charge is -2.11. The average molecular weight is 231 g/mol. The quantitative estimate of drug-likeness (QED) is 0.836. The van der Waals surface area contributed by atoms with Gasteiger partial charge in [0.15, 0.2) is 0 Å². The first-order valence-electron chi connectivity index (χ1n) is 4.26. The van der Waals surface area contributed by atoms with Crippen LogP contribution in [-0.2, 0) is 4.79 Å². The van der Waals surface area contributed by atoms with E-state index in [1.807, 2.05) is 0 Å². The number of aromatic hydroxyl groups is 1. The van der Waals surface area contributed by atoms with Gasteiger partial charge >= 0.3 is 5.97 Å². The Morgan fingerprint density at radius 3 is 2.60 bits per heavy atom. The third kappa shape index (κ3) is 2.33. The zero-order valence-corrected chi connectivity index (χ0v) is 9.08. The van der Waals surface area contributed by atoms with Crippen LogP contribution >= 0.6 is 11.6 Å². The van der Waals surface area contributed by atoms with Gasteiger partial charge in [-0.3, -0.25) is 4.79 Å². The molecule has 1 aromatic carbocycles. The normalized spacial score (nSPS) is 12.2. The summed E-state index contributed by atoms with van der Waals surface area (Å²) in [5.41, 5.74) is 0.272. The molecule has 0 saturated carbocycles. The van der Waals surface area contributed by atoms with Crippen molar-refractivity contribution in [3.63, 3.8) is 0 Å². The van der Waals surface area contributed by atoms with Crippen molar-refractivity contribution in [3.8, 4) is 11.5 Å². The standard InChI is InChI=1S/C10H11ClO4/c1-5(10(13)14)6-3-7(11)9(15-2)4-8(6)12/h3-5,12H,1-2H3,(H,13,14). The van der Waals surface area contributed by atoms with Gasteiger partial charge in [0.05, 0.1) is 18.1 Å². The Kier molecular flexibility index (Phi) is 3.42. The fourth-order valence-corrected chi connectivity index (χ4v) is 1.44. The third-order valence-electron chi connectivity index (χ3n) is 2.14. The molecular formula is C10H11ClO4. The van der Waals surface area contributed by atoms with Crippen LogP contribution in [0.2, 0.25) is 5.02 Å². The van der Waals surface area contributed by atoms with E-state index in [2.05, 4.69) is 0 Å². The van der Waals surface area contributed by atoms with Crippen molar-refractivity contribution in [2.45, 2.75) is 12.8 Å². The van der Waals surface area contributed by atoms with Gasteiger partial charge in [-0.2, -0.15) is 0 Å². The average Bonchev–Trinajstić information content (AvgIpc) is 2.19. The Morgan fingerprint density at radius 1 is 1.53 bits per heavy atom. The number of carboxylic acid groups (broad SMARTS) is 1. The molecule has 2 N–H and O–H groups in total. The number of benzene rings is 1. The molecule has 0 spiro atoms. The minimum atomic E-state index is -1.02. The van der Waals surface area contributed by atoms with Crippen molar-refractivity contribution >= 4 is 17.6 Å². The van der Waals surface area contributed by atoms with E-state index in [-0.39, 0.29) is 16.3 Å². The maximum atomic E-state index is 10.7. The second kappa shape index (κ2) is 4.40. The molecule has 0 aliphatic heterocycles. The molecule has 0 aliphatic carbocycles. The molecule has 0 aromatic heterocycles. The Balaban J connectivity index is 3.21. The van der Waals surface area contributed by atoms with Gasteiger partial charge in [-0.25, -0.2) is 0 Å². The summed E-state index contributed by atoms with van der Waals surface area (Å²) in [6, 6.07) is 2.70. The molecule has 0 aliphatic rings. The highest BCUT2D eigenvalue weighted by Gasteiger charge is 2.19. The molecule has 15 heavy (non-hydrogen) atoms. The number of halogens is 1. The Labute approximate surface area is 92.1 Å². The zero-order valence-electron chi connectivity index (χ0n) is 8.32. The van der Waals surface area contributed by atoms with Gasteiger partial charge in [0.1, 0.15) is 11.5 Å². The Morgan fingerprint density at radius 2 is 2.13 bits per heavy atom.